The van der Waals surface area contributed by atoms with Crippen LogP contribution in [0.25, 0.3) is 10.9 Å². The van der Waals surface area contributed by atoms with Gasteiger partial charge in [-0.1, -0.05) is 18.2 Å². The molecule has 202 valence electrons. The van der Waals surface area contributed by atoms with Crippen molar-refractivity contribution < 1.29 is 19.3 Å². The third kappa shape index (κ3) is 5.51. The highest BCUT2D eigenvalue weighted by Gasteiger charge is 2.44. The van der Waals surface area contributed by atoms with Crippen LogP contribution in [0.5, 0.6) is 17.4 Å². The number of methoxy groups -OCH3 is 3. The summed E-state index contributed by atoms with van der Waals surface area (Å²) in [7, 11) is 8.67. The van der Waals surface area contributed by atoms with E-state index in [1.54, 1.807) is 51.9 Å². The Morgan fingerprint density at radius 2 is 1.79 bits per heavy atom. The van der Waals surface area contributed by atoms with Crippen LogP contribution in [-0.2, 0) is 5.60 Å². The molecule has 2 heterocycles. The molecule has 4 rings (SSSR count). The molecule has 0 amide bonds. The lowest BCUT2D eigenvalue weighted by Crippen LogP contribution is -2.38. The van der Waals surface area contributed by atoms with Gasteiger partial charge in [0.2, 0.25) is 5.88 Å². The average molecular weight is 527 g/mol. The van der Waals surface area contributed by atoms with Gasteiger partial charge in [0.05, 0.1) is 44.4 Å². The van der Waals surface area contributed by atoms with Crippen LogP contribution in [0.3, 0.4) is 0 Å². The molecule has 0 aliphatic heterocycles. The second-order valence-electron chi connectivity index (χ2n) is 9.85. The molecule has 8 heteroatoms. The van der Waals surface area contributed by atoms with Crippen molar-refractivity contribution in [2.24, 2.45) is 0 Å². The Balaban J connectivity index is 2.12. The quantitative estimate of drug-likeness (QED) is 0.314. The number of aromatic nitrogens is 2. The van der Waals surface area contributed by atoms with Crippen molar-refractivity contribution in [1.29, 1.82) is 5.26 Å². The first kappa shape index (κ1) is 27.8. The molecule has 1 N–H and O–H groups in total. The number of rotatable bonds is 10. The fraction of sp³-hybridized carbons (Fsp3) is 0.323. The maximum Gasteiger partial charge on any atom is 0.217 e. The Bertz CT molecular complexity index is 1510. The fourth-order valence-corrected chi connectivity index (χ4v) is 5.08. The van der Waals surface area contributed by atoms with Crippen molar-refractivity contribution >= 4 is 10.9 Å². The van der Waals surface area contributed by atoms with Crippen LogP contribution in [0.1, 0.15) is 40.2 Å². The Morgan fingerprint density at radius 1 is 1.00 bits per heavy atom. The van der Waals surface area contributed by atoms with E-state index in [1.807, 2.05) is 56.3 Å². The SMILES string of the molecule is COc1cccc([C@H](c2cc3cc(C#N)ccc3nc2OC)[C@@](O)(CCN(C)C)c2cncc(C)c2)c1OC. The minimum absolute atomic E-state index is 0.367. The number of nitriles is 1. The number of para-hydroxylation sites is 1. The summed E-state index contributed by atoms with van der Waals surface area (Å²) < 4.78 is 17.4. The summed E-state index contributed by atoms with van der Waals surface area (Å²) in [6.07, 6.45) is 3.84. The number of aliphatic hydroxyl groups is 1. The van der Waals surface area contributed by atoms with Crippen LogP contribution in [-0.4, -0.2) is 61.9 Å². The molecule has 39 heavy (non-hydrogen) atoms. The van der Waals surface area contributed by atoms with Crippen LogP contribution in [0.15, 0.2) is 60.9 Å². The molecule has 0 unspecified atom stereocenters. The van der Waals surface area contributed by atoms with Gasteiger partial charge >= 0.3 is 0 Å². The molecule has 2 aromatic carbocycles. The van der Waals surface area contributed by atoms with Crippen molar-refractivity contribution in [3.63, 3.8) is 0 Å². The van der Waals surface area contributed by atoms with Gasteiger partial charge in [0.15, 0.2) is 11.5 Å². The second-order valence-corrected chi connectivity index (χ2v) is 9.85. The Kier molecular flexibility index (Phi) is 8.34. The summed E-state index contributed by atoms with van der Waals surface area (Å²) in [5.41, 5.74) is 2.67. The van der Waals surface area contributed by atoms with Crippen molar-refractivity contribution in [3.05, 3.63) is 88.7 Å². The van der Waals surface area contributed by atoms with Gasteiger partial charge in [-0.3, -0.25) is 4.98 Å². The summed E-state index contributed by atoms with van der Waals surface area (Å²) in [6.45, 7) is 2.54. The van der Waals surface area contributed by atoms with Gasteiger partial charge in [0.25, 0.3) is 0 Å². The van der Waals surface area contributed by atoms with E-state index < -0.39 is 11.5 Å². The summed E-state index contributed by atoms with van der Waals surface area (Å²) >= 11 is 0. The van der Waals surface area contributed by atoms with Crippen LogP contribution in [0.2, 0.25) is 0 Å². The van der Waals surface area contributed by atoms with Gasteiger partial charge in [-0.2, -0.15) is 5.26 Å². The van der Waals surface area contributed by atoms with Crippen LogP contribution in [0, 0.1) is 18.3 Å². The van der Waals surface area contributed by atoms with Gasteiger partial charge in [-0.25, -0.2) is 4.98 Å². The Hall–Kier alpha value is -4.19. The third-order valence-corrected chi connectivity index (χ3v) is 6.98. The van der Waals surface area contributed by atoms with E-state index in [1.165, 1.54) is 0 Å². The molecule has 0 spiro atoms. The number of pyridine rings is 2. The van der Waals surface area contributed by atoms with E-state index in [2.05, 4.69) is 11.1 Å². The lowest BCUT2D eigenvalue weighted by molar-refractivity contribution is 0.00280. The van der Waals surface area contributed by atoms with Gasteiger partial charge in [-0.05, 0) is 63.3 Å². The van der Waals surface area contributed by atoms with Gasteiger partial charge in [-0.15, -0.1) is 0 Å². The Labute approximate surface area is 229 Å². The first-order chi connectivity index (χ1) is 18.7. The van der Waals surface area contributed by atoms with E-state index in [-0.39, 0.29) is 0 Å². The van der Waals surface area contributed by atoms with E-state index in [9.17, 15) is 10.4 Å². The molecular weight excluding hydrogens is 492 g/mol. The Morgan fingerprint density at radius 3 is 2.44 bits per heavy atom. The van der Waals surface area contributed by atoms with Crippen LogP contribution in [0.4, 0.5) is 0 Å². The number of hydrogen-bond donors (Lipinski definition) is 1. The molecule has 0 aliphatic rings. The maximum atomic E-state index is 12.9. The molecule has 0 aliphatic carbocycles. The zero-order valence-corrected chi connectivity index (χ0v) is 23.2. The van der Waals surface area contributed by atoms with Crippen LogP contribution >= 0.6 is 0 Å². The minimum Gasteiger partial charge on any atom is -0.493 e. The molecule has 2 aromatic heterocycles. The van der Waals surface area contributed by atoms with Crippen molar-refractivity contribution in [2.45, 2.75) is 24.9 Å². The highest BCUT2D eigenvalue weighted by molar-refractivity contribution is 5.82. The van der Waals surface area contributed by atoms with Crippen molar-refractivity contribution in [1.82, 2.24) is 14.9 Å². The van der Waals surface area contributed by atoms with Gasteiger partial charge in [0.1, 0.15) is 5.60 Å². The predicted molar refractivity (Wildman–Crippen MR) is 150 cm³/mol. The summed E-state index contributed by atoms with van der Waals surface area (Å²) in [6, 6.07) is 17.0. The van der Waals surface area contributed by atoms with Gasteiger partial charge < -0.3 is 24.2 Å². The molecule has 2 atom stereocenters. The normalized spacial score (nSPS) is 13.5. The van der Waals surface area contributed by atoms with Crippen molar-refractivity contribution in [3.8, 4) is 23.4 Å². The maximum absolute atomic E-state index is 12.9. The summed E-state index contributed by atoms with van der Waals surface area (Å²) in [5.74, 6) is 0.702. The molecular formula is C31H34N4O4. The molecule has 0 saturated heterocycles. The van der Waals surface area contributed by atoms with E-state index in [0.29, 0.717) is 58.1 Å². The molecule has 0 fully saturated rings. The highest BCUT2D eigenvalue weighted by atomic mass is 16.5. The number of benzene rings is 2. The fourth-order valence-electron chi connectivity index (χ4n) is 5.08. The van der Waals surface area contributed by atoms with E-state index in [4.69, 9.17) is 19.2 Å². The number of fused-ring (bicyclic) bond motifs is 1. The molecule has 0 bridgehead atoms. The first-order valence-corrected chi connectivity index (χ1v) is 12.6. The minimum atomic E-state index is -1.46. The number of nitrogens with zero attached hydrogens (tertiary/aromatic N) is 4. The number of ether oxygens (including phenoxy) is 3. The number of aryl methyl sites for hydroxylation is 1. The topological polar surface area (TPSA) is 101 Å². The molecule has 0 saturated carbocycles. The smallest absolute Gasteiger partial charge is 0.217 e. The van der Waals surface area contributed by atoms with E-state index >= 15 is 0 Å². The standard InChI is InChI=1S/C31H34N4O4/c1-20-14-23(19-33-18-20)31(36,12-13-35(2)3)28(24-8-7-9-27(37-4)29(24)38-5)25-16-22-15-21(17-32)10-11-26(22)34-30(25)39-6/h7-11,14-16,18-19,28,36H,12-13H2,1-6H3/t28-,31-/m1/s1. The van der Waals surface area contributed by atoms with Gasteiger partial charge in [0, 0.05) is 41.0 Å². The largest absolute Gasteiger partial charge is 0.493 e. The predicted octanol–water partition coefficient (Wildman–Crippen LogP) is 4.81. The molecule has 4 aromatic rings. The van der Waals surface area contributed by atoms with Crippen molar-refractivity contribution in [2.75, 3.05) is 42.0 Å². The summed E-state index contributed by atoms with van der Waals surface area (Å²) in [5, 5.41) is 23.2. The zero-order valence-electron chi connectivity index (χ0n) is 23.2. The second kappa shape index (κ2) is 11.7. The third-order valence-electron chi connectivity index (χ3n) is 6.98. The molecule has 0 radical (unpaired) electrons. The molecule has 8 nitrogen and oxygen atoms in total. The average Bonchev–Trinajstić information content (AvgIpc) is 2.95. The first-order valence-electron chi connectivity index (χ1n) is 12.6. The lowest BCUT2D eigenvalue weighted by Gasteiger charge is -2.39. The zero-order chi connectivity index (χ0) is 28.2. The number of hydrogen-bond acceptors (Lipinski definition) is 8. The summed E-state index contributed by atoms with van der Waals surface area (Å²) in [4.78, 5) is 11.2. The van der Waals surface area contributed by atoms with Crippen LogP contribution < -0.4 is 14.2 Å². The van der Waals surface area contributed by atoms with E-state index in [0.717, 1.165) is 10.9 Å². The highest BCUT2D eigenvalue weighted by Crippen LogP contribution is 2.51. The lowest BCUT2D eigenvalue weighted by atomic mass is 9.71. The monoisotopic (exact) mass is 526 g/mol.